The lowest BCUT2D eigenvalue weighted by molar-refractivity contribution is -0.128. The number of thiophene rings is 1. The van der Waals surface area contributed by atoms with Gasteiger partial charge in [-0.05, 0) is 41.5 Å². The Morgan fingerprint density at radius 2 is 1.72 bits per heavy atom. The smallest absolute Gasteiger partial charge is 0.247 e. The fraction of sp³-hybridized carbons (Fsp3) is 0.0526. The van der Waals surface area contributed by atoms with Crippen LogP contribution in [-0.4, -0.2) is 16.9 Å². The maximum Gasteiger partial charge on any atom is 0.247 e. The highest BCUT2D eigenvalue weighted by atomic mass is 79.9. The van der Waals surface area contributed by atoms with Crippen LogP contribution in [0.25, 0.3) is 10.4 Å². The second-order valence-corrected chi connectivity index (χ2v) is 7.35. The van der Waals surface area contributed by atoms with Gasteiger partial charge < -0.3 is 0 Å². The van der Waals surface area contributed by atoms with Crippen LogP contribution >= 0.6 is 27.3 Å². The Bertz CT molecular complexity index is 904. The molecule has 0 unspecified atom stereocenters. The third kappa shape index (κ3) is 4.04. The minimum absolute atomic E-state index is 0.00481. The molecular weight excluding hydrogens is 402 g/mol. The molecule has 0 spiro atoms. The Hall–Kier alpha value is -2.28. The van der Waals surface area contributed by atoms with Gasteiger partial charge in [-0.2, -0.15) is 0 Å². The van der Waals surface area contributed by atoms with Gasteiger partial charge in [0.25, 0.3) is 0 Å². The summed E-state index contributed by atoms with van der Waals surface area (Å²) in [6.45, 7) is 0. The summed E-state index contributed by atoms with van der Waals surface area (Å²) in [4.78, 5) is 25.8. The quantitative estimate of drug-likeness (QED) is 0.367. The Morgan fingerprint density at radius 3 is 2.36 bits per heavy atom. The zero-order valence-corrected chi connectivity index (χ0v) is 15.4. The Labute approximate surface area is 157 Å². The number of carbonyl (C=O) groups excluding carboxylic acids is 2. The maximum absolute atomic E-state index is 12.8. The summed E-state index contributed by atoms with van der Waals surface area (Å²) in [5.41, 5.74) is 3.87. The number of halogens is 1. The summed E-state index contributed by atoms with van der Waals surface area (Å²) >= 11 is 4.70. The number of ketones is 1. The van der Waals surface area contributed by atoms with Crippen molar-refractivity contribution in [3.05, 3.63) is 81.1 Å². The normalized spacial score (nSPS) is 10.5. The molecule has 0 aliphatic rings. The predicted molar refractivity (Wildman–Crippen MR) is 101 cm³/mol. The average molecular weight is 416 g/mol. The zero-order valence-electron chi connectivity index (χ0n) is 13.0. The lowest BCUT2D eigenvalue weighted by Crippen LogP contribution is -2.20. The molecule has 0 fully saturated rings. The van der Waals surface area contributed by atoms with Crippen molar-refractivity contribution in [3.63, 3.8) is 0 Å². The molecule has 1 amide bonds. The van der Waals surface area contributed by atoms with Gasteiger partial charge in [-0.1, -0.05) is 46.3 Å². The molecule has 1 aromatic heterocycles. The van der Waals surface area contributed by atoms with Crippen LogP contribution in [0.4, 0.5) is 0 Å². The topological polar surface area (TPSA) is 66.4 Å². The molecule has 3 aromatic rings. The highest BCUT2D eigenvalue weighted by Crippen LogP contribution is 2.34. The van der Waals surface area contributed by atoms with Crippen LogP contribution in [0.3, 0.4) is 0 Å². The van der Waals surface area contributed by atoms with Gasteiger partial charge in [0.15, 0.2) is 0 Å². The third-order valence-electron chi connectivity index (χ3n) is 3.65. The predicted octanol–water partition coefficient (Wildman–Crippen LogP) is 4.46. The number of hydrogen-bond acceptors (Lipinski definition) is 4. The molecule has 126 valence electrons. The van der Waals surface area contributed by atoms with Crippen LogP contribution in [0.5, 0.6) is 0 Å². The standard InChI is InChI=1S/C19H14BrNO3S/c20-15-8-6-12(7-9-15)18(23)16-10-14(11-17(22)21-24)19(25-16)13-4-2-1-3-5-13/h1-10,24H,11H2,(H,21,22). The molecule has 0 bridgehead atoms. The van der Waals surface area contributed by atoms with Crippen molar-refractivity contribution in [1.29, 1.82) is 0 Å². The van der Waals surface area contributed by atoms with E-state index in [0.29, 0.717) is 16.0 Å². The first-order valence-electron chi connectivity index (χ1n) is 7.50. The molecule has 0 aliphatic heterocycles. The summed E-state index contributed by atoms with van der Waals surface area (Å²) in [6.07, 6.45) is 0.00481. The van der Waals surface area contributed by atoms with E-state index in [2.05, 4.69) is 15.9 Å². The van der Waals surface area contributed by atoms with E-state index in [0.717, 1.165) is 14.9 Å². The van der Waals surface area contributed by atoms with Gasteiger partial charge in [-0.3, -0.25) is 14.8 Å². The molecule has 4 nitrogen and oxygen atoms in total. The third-order valence-corrected chi connectivity index (χ3v) is 5.40. The highest BCUT2D eigenvalue weighted by molar-refractivity contribution is 9.10. The number of hydrogen-bond donors (Lipinski definition) is 2. The average Bonchev–Trinajstić information content (AvgIpc) is 3.06. The van der Waals surface area contributed by atoms with Gasteiger partial charge >= 0.3 is 0 Å². The monoisotopic (exact) mass is 415 g/mol. The first-order chi connectivity index (χ1) is 12.1. The van der Waals surface area contributed by atoms with Gasteiger partial charge in [-0.25, -0.2) is 5.48 Å². The van der Waals surface area contributed by atoms with Crippen molar-refractivity contribution in [2.75, 3.05) is 0 Å². The summed E-state index contributed by atoms with van der Waals surface area (Å²) in [6, 6.07) is 18.5. The number of benzene rings is 2. The maximum atomic E-state index is 12.8. The number of amides is 1. The van der Waals surface area contributed by atoms with Gasteiger partial charge in [0.1, 0.15) is 0 Å². The summed E-state index contributed by atoms with van der Waals surface area (Å²) in [5, 5.41) is 8.81. The molecule has 25 heavy (non-hydrogen) atoms. The molecule has 1 heterocycles. The highest BCUT2D eigenvalue weighted by Gasteiger charge is 2.19. The van der Waals surface area contributed by atoms with Crippen LogP contribution in [0.2, 0.25) is 0 Å². The molecule has 3 rings (SSSR count). The van der Waals surface area contributed by atoms with Crippen LogP contribution in [0.15, 0.2) is 65.1 Å². The lowest BCUT2D eigenvalue weighted by Gasteiger charge is -2.02. The van der Waals surface area contributed by atoms with Crippen molar-refractivity contribution in [2.45, 2.75) is 6.42 Å². The molecule has 0 atom stereocenters. The van der Waals surface area contributed by atoms with Crippen molar-refractivity contribution in [3.8, 4) is 10.4 Å². The first kappa shape index (κ1) is 17.5. The molecule has 2 aromatic carbocycles. The molecule has 2 N–H and O–H groups in total. The van der Waals surface area contributed by atoms with Gasteiger partial charge in [0.2, 0.25) is 11.7 Å². The van der Waals surface area contributed by atoms with E-state index in [1.54, 1.807) is 23.7 Å². The zero-order chi connectivity index (χ0) is 17.8. The van der Waals surface area contributed by atoms with E-state index in [1.165, 1.54) is 11.3 Å². The molecule has 6 heteroatoms. The van der Waals surface area contributed by atoms with Crippen LogP contribution in [0.1, 0.15) is 20.8 Å². The van der Waals surface area contributed by atoms with Crippen LogP contribution < -0.4 is 5.48 Å². The first-order valence-corrected chi connectivity index (χ1v) is 9.11. The lowest BCUT2D eigenvalue weighted by atomic mass is 10.0. The number of carbonyl (C=O) groups is 2. The Balaban J connectivity index is 2.02. The summed E-state index contributed by atoms with van der Waals surface area (Å²) in [7, 11) is 0. The second-order valence-electron chi connectivity index (χ2n) is 5.38. The van der Waals surface area contributed by atoms with Crippen molar-refractivity contribution >= 4 is 39.0 Å². The van der Waals surface area contributed by atoms with E-state index in [1.807, 2.05) is 42.5 Å². The van der Waals surface area contributed by atoms with Crippen molar-refractivity contribution < 1.29 is 14.8 Å². The number of hydroxylamine groups is 1. The molecule has 0 saturated carbocycles. The van der Waals surface area contributed by atoms with Crippen LogP contribution in [-0.2, 0) is 11.2 Å². The van der Waals surface area contributed by atoms with E-state index >= 15 is 0 Å². The van der Waals surface area contributed by atoms with Gasteiger partial charge in [0, 0.05) is 14.9 Å². The van der Waals surface area contributed by atoms with E-state index < -0.39 is 5.91 Å². The largest absolute Gasteiger partial charge is 0.289 e. The second kappa shape index (κ2) is 7.74. The summed E-state index contributed by atoms with van der Waals surface area (Å²) < 4.78 is 0.903. The Morgan fingerprint density at radius 1 is 1.04 bits per heavy atom. The van der Waals surface area contributed by atoms with Crippen molar-refractivity contribution in [1.82, 2.24) is 5.48 Å². The van der Waals surface area contributed by atoms with Crippen molar-refractivity contribution in [2.24, 2.45) is 0 Å². The molecule has 0 saturated heterocycles. The summed E-state index contributed by atoms with van der Waals surface area (Å²) in [5.74, 6) is -0.608. The molecule has 0 aliphatic carbocycles. The number of nitrogens with one attached hydrogen (secondary N) is 1. The van der Waals surface area contributed by atoms with Gasteiger partial charge in [-0.15, -0.1) is 11.3 Å². The molecule has 0 radical (unpaired) electrons. The fourth-order valence-electron chi connectivity index (χ4n) is 2.46. The van der Waals surface area contributed by atoms with E-state index in [4.69, 9.17) is 5.21 Å². The van der Waals surface area contributed by atoms with E-state index in [9.17, 15) is 9.59 Å². The molecular formula is C19H14BrNO3S. The minimum Gasteiger partial charge on any atom is -0.289 e. The fourth-order valence-corrected chi connectivity index (χ4v) is 3.87. The minimum atomic E-state index is -0.516. The number of rotatable bonds is 5. The van der Waals surface area contributed by atoms with Gasteiger partial charge in [0.05, 0.1) is 11.3 Å². The van der Waals surface area contributed by atoms with Crippen LogP contribution in [0, 0.1) is 0 Å². The van der Waals surface area contributed by atoms with E-state index in [-0.39, 0.29) is 12.2 Å². The SMILES string of the molecule is O=C(Cc1cc(C(=O)c2ccc(Br)cc2)sc1-c1ccccc1)NO. The Kier molecular flexibility index (Phi) is 5.43.